The number of nitrogen functional groups attached to an aromatic ring is 1. The van der Waals surface area contributed by atoms with Crippen molar-refractivity contribution in [2.45, 2.75) is 0 Å². The molecule has 0 fully saturated rings. The lowest BCUT2D eigenvalue weighted by Gasteiger charge is -2.10. The summed E-state index contributed by atoms with van der Waals surface area (Å²) in [6.45, 7) is 0. The summed E-state index contributed by atoms with van der Waals surface area (Å²) in [6, 6.07) is 3.84. The van der Waals surface area contributed by atoms with Crippen molar-refractivity contribution in [3.63, 3.8) is 0 Å². The number of benzene rings is 1. The van der Waals surface area contributed by atoms with Gasteiger partial charge >= 0.3 is 0 Å². The first-order chi connectivity index (χ1) is 9.69. The molecule has 0 unspecified atom stereocenters. The van der Waals surface area contributed by atoms with Crippen LogP contribution in [0.15, 0.2) is 36.8 Å². The molecule has 4 N–H and O–H groups in total. The molecule has 20 heavy (non-hydrogen) atoms. The summed E-state index contributed by atoms with van der Waals surface area (Å²) in [5.74, 6) is 4.01. The lowest BCUT2D eigenvalue weighted by atomic mass is 10.3. The molecule has 0 spiro atoms. The first-order valence-electron chi connectivity index (χ1n) is 5.70. The van der Waals surface area contributed by atoms with Crippen LogP contribution in [0.5, 0.6) is 0 Å². The van der Waals surface area contributed by atoms with Crippen LogP contribution < -0.4 is 16.6 Å². The number of hydrazine groups is 1. The molecule has 3 rings (SSSR count). The molecule has 0 saturated carbocycles. The van der Waals surface area contributed by atoms with Crippen LogP contribution in [-0.4, -0.2) is 14.4 Å². The van der Waals surface area contributed by atoms with Crippen molar-refractivity contribution in [1.29, 1.82) is 0 Å². The molecule has 0 atom stereocenters. The SMILES string of the molecule is NNc1cn2ccnc2c(Nc2cccc(F)c2F)n1. The molecule has 0 aliphatic rings. The summed E-state index contributed by atoms with van der Waals surface area (Å²) < 4.78 is 28.5. The van der Waals surface area contributed by atoms with Crippen LogP contribution >= 0.6 is 0 Å². The first-order valence-corrected chi connectivity index (χ1v) is 5.70. The average Bonchev–Trinajstić information content (AvgIpc) is 2.92. The Morgan fingerprint density at radius 2 is 2.10 bits per heavy atom. The fourth-order valence-corrected chi connectivity index (χ4v) is 1.81. The maximum atomic E-state index is 13.7. The molecule has 1 aromatic carbocycles. The molecule has 102 valence electrons. The van der Waals surface area contributed by atoms with Gasteiger partial charge in [-0.05, 0) is 12.1 Å². The van der Waals surface area contributed by atoms with Crippen LogP contribution in [0.3, 0.4) is 0 Å². The Balaban J connectivity index is 2.10. The fourth-order valence-electron chi connectivity index (χ4n) is 1.81. The van der Waals surface area contributed by atoms with E-state index in [1.54, 1.807) is 23.0 Å². The molecule has 8 heteroatoms. The van der Waals surface area contributed by atoms with E-state index in [2.05, 4.69) is 20.7 Å². The number of anilines is 3. The molecule has 2 aromatic heterocycles. The van der Waals surface area contributed by atoms with Crippen LogP contribution in [0.1, 0.15) is 0 Å². The van der Waals surface area contributed by atoms with Gasteiger partial charge in [-0.25, -0.2) is 24.6 Å². The first kappa shape index (κ1) is 12.3. The molecular weight excluding hydrogens is 266 g/mol. The van der Waals surface area contributed by atoms with E-state index in [-0.39, 0.29) is 11.5 Å². The van der Waals surface area contributed by atoms with Crippen LogP contribution in [0, 0.1) is 11.6 Å². The topological polar surface area (TPSA) is 80.3 Å². The Kier molecular flexibility index (Phi) is 2.92. The molecular formula is C12H10F2N6. The highest BCUT2D eigenvalue weighted by Crippen LogP contribution is 2.24. The fraction of sp³-hybridized carbons (Fsp3) is 0. The number of fused-ring (bicyclic) bond motifs is 1. The van der Waals surface area contributed by atoms with Gasteiger partial charge in [0.15, 0.2) is 28.9 Å². The smallest absolute Gasteiger partial charge is 0.182 e. The maximum absolute atomic E-state index is 13.7. The van der Waals surface area contributed by atoms with Gasteiger partial charge in [0.1, 0.15) is 0 Å². The zero-order valence-corrected chi connectivity index (χ0v) is 10.1. The minimum Gasteiger partial charge on any atom is -0.335 e. The van der Waals surface area contributed by atoms with E-state index in [9.17, 15) is 8.78 Å². The minimum atomic E-state index is -0.981. The summed E-state index contributed by atoms with van der Waals surface area (Å²) in [4.78, 5) is 8.23. The number of nitrogens with zero attached hydrogens (tertiary/aromatic N) is 3. The third-order valence-corrected chi connectivity index (χ3v) is 2.73. The number of rotatable bonds is 3. The Morgan fingerprint density at radius 1 is 1.25 bits per heavy atom. The highest BCUT2D eigenvalue weighted by molar-refractivity contribution is 5.71. The van der Waals surface area contributed by atoms with E-state index in [0.29, 0.717) is 11.5 Å². The van der Waals surface area contributed by atoms with Crippen molar-refractivity contribution in [3.05, 3.63) is 48.4 Å². The van der Waals surface area contributed by atoms with Crippen LogP contribution in [0.2, 0.25) is 0 Å². The van der Waals surface area contributed by atoms with Gasteiger partial charge in [0.25, 0.3) is 0 Å². The van der Waals surface area contributed by atoms with Crippen molar-refractivity contribution < 1.29 is 8.78 Å². The average molecular weight is 276 g/mol. The van der Waals surface area contributed by atoms with Gasteiger partial charge in [0.05, 0.1) is 11.9 Å². The standard InChI is InChI=1S/C12H10F2N6/c13-7-2-1-3-8(10(7)14)17-11-12-16-4-5-20(12)6-9(18-11)19-15/h1-6,19H,15H2,(H,17,18). The van der Waals surface area contributed by atoms with Gasteiger partial charge in [-0.2, -0.15) is 0 Å². The van der Waals surface area contributed by atoms with Crippen LogP contribution in [-0.2, 0) is 0 Å². The summed E-state index contributed by atoms with van der Waals surface area (Å²) in [5, 5.41) is 2.71. The monoisotopic (exact) mass is 276 g/mol. The van der Waals surface area contributed by atoms with Gasteiger partial charge in [-0.3, -0.25) is 0 Å². The molecule has 2 heterocycles. The van der Waals surface area contributed by atoms with E-state index in [1.807, 2.05) is 0 Å². The van der Waals surface area contributed by atoms with Gasteiger partial charge in [0.2, 0.25) is 0 Å². The molecule has 3 aromatic rings. The second-order valence-electron chi connectivity index (χ2n) is 4.00. The Morgan fingerprint density at radius 3 is 2.90 bits per heavy atom. The number of nitrogens with one attached hydrogen (secondary N) is 2. The van der Waals surface area contributed by atoms with E-state index < -0.39 is 11.6 Å². The second-order valence-corrected chi connectivity index (χ2v) is 4.00. The normalized spacial score (nSPS) is 10.8. The molecule has 0 aliphatic heterocycles. The van der Waals surface area contributed by atoms with Crippen molar-refractivity contribution in [2.24, 2.45) is 5.84 Å². The predicted molar refractivity (Wildman–Crippen MR) is 70.4 cm³/mol. The lowest BCUT2D eigenvalue weighted by molar-refractivity contribution is 0.511. The molecule has 0 bridgehead atoms. The van der Waals surface area contributed by atoms with E-state index >= 15 is 0 Å². The van der Waals surface area contributed by atoms with Crippen LogP contribution in [0.4, 0.5) is 26.1 Å². The van der Waals surface area contributed by atoms with Gasteiger partial charge in [0, 0.05) is 12.4 Å². The molecule has 0 aliphatic carbocycles. The van der Waals surface area contributed by atoms with Crippen molar-refractivity contribution in [3.8, 4) is 0 Å². The quantitative estimate of drug-likeness (QED) is 0.504. The number of hydrogen-bond donors (Lipinski definition) is 3. The number of nitrogens with two attached hydrogens (primary N) is 1. The molecule has 0 saturated heterocycles. The van der Waals surface area contributed by atoms with Gasteiger partial charge in [-0.1, -0.05) is 6.07 Å². The maximum Gasteiger partial charge on any atom is 0.182 e. The van der Waals surface area contributed by atoms with E-state index in [1.165, 1.54) is 12.1 Å². The largest absolute Gasteiger partial charge is 0.335 e. The Labute approximate surface area is 112 Å². The highest BCUT2D eigenvalue weighted by atomic mass is 19.2. The van der Waals surface area contributed by atoms with Gasteiger partial charge in [-0.15, -0.1) is 0 Å². The third-order valence-electron chi connectivity index (χ3n) is 2.73. The Hall–Kier alpha value is -2.74. The highest BCUT2D eigenvalue weighted by Gasteiger charge is 2.12. The van der Waals surface area contributed by atoms with Crippen molar-refractivity contribution >= 4 is 23.0 Å². The zero-order valence-electron chi connectivity index (χ0n) is 10.1. The number of halogens is 2. The minimum absolute atomic E-state index is 0.0310. The second kappa shape index (κ2) is 4.74. The molecule has 6 nitrogen and oxygen atoms in total. The zero-order chi connectivity index (χ0) is 14.1. The molecule has 0 amide bonds. The van der Waals surface area contributed by atoms with Crippen molar-refractivity contribution in [2.75, 3.05) is 10.7 Å². The lowest BCUT2D eigenvalue weighted by Crippen LogP contribution is -2.11. The molecule has 0 radical (unpaired) electrons. The Bertz CT molecular complexity index is 770. The van der Waals surface area contributed by atoms with E-state index in [0.717, 1.165) is 6.07 Å². The third kappa shape index (κ3) is 2.01. The summed E-state index contributed by atoms with van der Waals surface area (Å²) in [6.07, 6.45) is 4.87. The summed E-state index contributed by atoms with van der Waals surface area (Å²) >= 11 is 0. The predicted octanol–water partition coefficient (Wildman–Crippen LogP) is 2.04. The summed E-state index contributed by atoms with van der Waals surface area (Å²) in [7, 11) is 0. The van der Waals surface area contributed by atoms with Crippen molar-refractivity contribution in [1.82, 2.24) is 14.4 Å². The summed E-state index contributed by atoms with van der Waals surface area (Å²) in [5.41, 5.74) is 2.83. The number of aromatic nitrogens is 3. The van der Waals surface area contributed by atoms with E-state index in [4.69, 9.17) is 5.84 Å². The number of imidazole rings is 1. The van der Waals surface area contributed by atoms with Crippen LogP contribution in [0.25, 0.3) is 5.65 Å². The van der Waals surface area contributed by atoms with Gasteiger partial charge < -0.3 is 15.1 Å². The number of hydrogen-bond acceptors (Lipinski definition) is 5.